The van der Waals surface area contributed by atoms with Gasteiger partial charge in [-0.15, -0.1) is 0 Å². The summed E-state index contributed by atoms with van der Waals surface area (Å²) in [6.45, 7) is 6.73. The molecule has 9 nitrogen and oxygen atoms in total. The minimum atomic E-state index is -4.08. The number of Topliss-reactive ketones (excluding diaryl/α,β-unsaturated/α-hetero) is 1. The monoisotopic (exact) mass is 479 g/mol. The number of carbonyl (C=O) groups is 2. The number of nitrogens with two attached hydrogens (primary N) is 1. The van der Waals surface area contributed by atoms with Gasteiger partial charge in [0.05, 0.1) is 0 Å². The van der Waals surface area contributed by atoms with Crippen molar-refractivity contribution in [2.75, 3.05) is 13.9 Å². The van der Waals surface area contributed by atoms with E-state index in [-0.39, 0.29) is 11.7 Å². The Labute approximate surface area is 193 Å². The first-order chi connectivity index (χ1) is 15.3. The van der Waals surface area contributed by atoms with Crippen molar-refractivity contribution in [3.05, 3.63) is 64.7 Å². The van der Waals surface area contributed by atoms with Gasteiger partial charge >= 0.3 is 7.82 Å². The number of phosphoric acid groups is 1. The summed E-state index contributed by atoms with van der Waals surface area (Å²) in [4.78, 5) is 31.3. The van der Waals surface area contributed by atoms with Gasteiger partial charge < -0.3 is 20.1 Å². The Morgan fingerprint density at radius 1 is 1.21 bits per heavy atom. The number of benzene rings is 2. The largest absolute Gasteiger partial charge is 0.485 e. The highest BCUT2D eigenvalue weighted by Gasteiger charge is 2.38. The molecule has 0 saturated heterocycles. The van der Waals surface area contributed by atoms with Crippen LogP contribution in [0.4, 0.5) is 0 Å². The molecular formula is C23H30NO8P. The van der Waals surface area contributed by atoms with Crippen LogP contribution in [-0.2, 0) is 24.8 Å². The van der Waals surface area contributed by atoms with Gasteiger partial charge in [0.15, 0.2) is 12.6 Å². The van der Waals surface area contributed by atoms with Gasteiger partial charge in [-0.2, -0.15) is 0 Å². The van der Waals surface area contributed by atoms with Gasteiger partial charge in [-0.25, -0.2) is 4.57 Å². The van der Waals surface area contributed by atoms with Crippen molar-refractivity contribution in [2.45, 2.75) is 45.8 Å². The van der Waals surface area contributed by atoms with E-state index in [1.54, 1.807) is 30.3 Å². The first kappa shape index (κ1) is 26.7. The lowest BCUT2D eigenvalue weighted by atomic mass is 9.90. The molecule has 1 unspecified atom stereocenters. The third-order valence-corrected chi connectivity index (χ3v) is 5.93. The van der Waals surface area contributed by atoms with Crippen LogP contribution < -0.4 is 10.5 Å². The van der Waals surface area contributed by atoms with Gasteiger partial charge in [-0.3, -0.25) is 18.6 Å². The topological polar surface area (TPSA) is 134 Å². The van der Waals surface area contributed by atoms with Crippen molar-refractivity contribution in [2.24, 2.45) is 5.73 Å². The molecule has 1 heterocycles. The van der Waals surface area contributed by atoms with Crippen LogP contribution in [0.1, 0.15) is 52.6 Å². The molecule has 33 heavy (non-hydrogen) atoms. The molecule has 0 radical (unpaired) electrons. The summed E-state index contributed by atoms with van der Waals surface area (Å²) in [5.41, 5.74) is 7.46. The number of aryl methyl sites for hydroxylation is 1. The molecule has 0 fully saturated rings. The summed E-state index contributed by atoms with van der Waals surface area (Å²) in [6.07, 6.45) is 0.0873. The fourth-order valence-corrected chi connectivity index (χ4v) is 3.44. The molecule has 0 spiro atoms. The molecule has 0 bridgehead atoms. The maximum atomic E-state index is 11.5. The van der Waals surface area contributed by atoms with Crippen molar-refractivity contribution in [3.63, 3.8) is 0 Å². The lowest BCUT2D eigenvalue weighted by molar-refractivity contribution is -0.126. The SMILES string of the molecule is COP(=O)(O)OCO[C@@H]1Cc2cc(C(C)=O)ccc2OC1(C)C.Cc1cccc(C(N)=O)c1. The molecule has 3 rings (SSSR count). The molecule has 3 N–H and O–H groups in total. The van der Waals surface area contributed by atoms with Crippen molar-refractivity contribution in [1.29, 1.82) is 0 Å². The molecule has 0 aliphatic carbocycles. The molecule has 0 aromatic heterocycles. The van der Waals surface area contributed by atoms with E-state index in [1.807, 2.05) is 32.9 Å². The van der Waals surface area contributed by atoms with Crippen LogP contribution in [0.3, 0.4) is 0 Å². The zero-order valence-corrected chi connectivity index (χ0v) is 20.3. The maximum Gasteiger partial charge on any atom is 0.474 e. The quantitative estimate of drug-likeness (QED) is 0.348. The third-order valence-electron chi connectivity index (χ3n) is 5.04. The second kappa shape index (κ2) is 11.0. The van der Waals surface area contributed by atoms with Crippen LogP contribution in [0.15, 0.2) is 42.5 Å². The second-order valence-corrected chi connectivity index (χ2v) is 9.64. The molecule has 2 aromatic carbocycles. The van der Waals surface area contributed by atoms with E-state index in [0.29, 0.717) is 23.3 Å². The summed E-state index contributed by atoms with van der Waals surface area (Å²) in [7, 11) is -3.00. The van der Waals surface area contributed by atoms with Crippen LogP contribution in [-0.4, -0.2) is 42.2 Å². The number of phosphoric ester groups is 1. The number of hydrogen-bond acceptors (Lipinski definition) is 7. The van der Waals surface area contributed by atoms with Crippen LogP contribution in [0.2, 0.25) is 0 Å². The van der Waals surface area contributed by atoms with Crippen LogP contribution >= 0.6 is 7.82 Å². The molecule has 2 atom stereocenters. The molecule has 2 aromatic rings. The summed E-state index contributed by atoms with van der Waals surface area (Å²) < 4.78 is 31.7. The molecule has 10 heteroatoms. The number of amides is 1. The summed E-state index contributed by atoms with van der Waals surface area (Å²) in [5.74, 6) is 0.300. The van der Waals surface area contributed by atoms with Crippen molar-refractivity contribution in [3.8, 4) is 5.75 Å². The van der Waals surface area contributed by atoms with Crippen LogP contribution in [0.25, 0.3) is 0 Å². The first-order valence-electron chi connectivity index (χ1n) is 10.2. The van der Waals surface area contributed by atoms with Gasteiger partial charge in [-0.05, 0) is 63.6 Å². The zero-order valence-electron chi connectivity index (χ0n) is 19.4. The predicted molar refractivity (Wildman–Crippen MR) is 122 cm³/mol. The number of hydrogen-bond donors (Lipinski definition) is 2. The Bertz CT molecular complexity index is 1050. The molecule has 180 valence electrons. The van der Waals surface area contributed by atoms with Crippen LogP contribution in [0.5, 0.6) is 5.75 Å². The Morgan fingerprint density at radius 2 is 1.91 bits per heavy atom. The van der Waals surface area contributed by atoms with Gasteiger partial charge in [0.2, 0.25) is 5.91 Å². The minimum Gasteiger partial charge on any atom is -0.485 e. The zero-order chi connectivity index (χ0) is 24.8. The number of ether oxygens (including phenoxy) is 2. The summed E-state index contributed by atoms with van der Waals surface area (Å²) in [6, 6.07) is 12.5. The molecular weight excluding hydrogens is 449 g/mol. The van der Waals surface area contributed by atoms with Crippen molar-refractivity contribution in [1.82, 2.24) is 0 Å². The lowest BCUT2D eigenvalue weighted by Gasteiger charge is -2.39. The standard InChI is InChI=1S/C15H21O7P.C8H9NO/c1-10(16)11-5-6-13-12(7-11)8-14(15(2,3)22-13)20-9-21-23(17,18)19-4;1-6-3-2-4-7(5-6)8(9)10/h5-7,14H,8-9H2,1-4H3,(H,17,18);2-5H,1H3,(H2,9,10)/t14-;/m1./s1. The normalized spacial score (nSPS) is 18.1. The van der Waals surface area contributed by atoms with E-state index < -0.39 is 26.3 Å². The van der Waals surface area contributed by atoms with Gasteiger partial charge in [-0.1, -0.05) is 17.7 Å². The Kier molecular flexibility index (Phi) is 8.94. The van der Waals surface area contributed by atoms with Crippen molar-refractivity contribution >= 4 is 19.5 Å². The Hall–Kier alpha value is -2.55. The summed E-state index contributed by atoms with van der Waals surface area (Å²) >= 11 is 0. The van der Waals surface area contributed by atoms with Gasteiger partial charge in [0.1, 0.15) is 17.5 Å². The fraction of sp³-hybridized carbons (Fsp3) is 0.391. The molecule has 1 aliphatic rings. The molecule has 1 aliphatic heterocycles. The van der Waals surface area contributed by atoms with E-state index in [2.05, 4.69) is 9.05 Å². The number of fused-ring (bicyclic) bond motifs is 1. The smallest absolute Gasteiger partial charge is 0.474 e. The minimum absolute atomic E-state index is 0.0280. The maximum absolute atomic E-state index is 11.5. The lowest BCUT2D eigenvalue weighted by Crippen LogP contribution is -2.48. The third kappa shape index (κ3) is 7.77. The number of carbonyl (C=O) groups excluding carboxylic acids is 2. The van der Waals surface area contributed by atoms with Gasteiger partial charge in [0, 0.05) is 24.7 Å². The number of rotatable bonds is 7. The first-order valence-corrected chi connectivity index (χ1v) is 11.7. The molecule has 0 saturated carbocycles. The highest BCUT2D eigenvalue weighted by Crippen LogP contribution is 2.42. The van der Waals surface area contributed by atoms with Crippen molar-refractivity contribution < 1.29 is 37.6 Å². The number of primary amides is 1. The molecule has 1 amide bonds. The van der Waals surface area contributed by atoms with E-state index in [9.17, 15) is 19.0 Å². The van der Waals surface area contributed by atoms with E-state index >= 15 is 0 Å². The Morgan fingerprint density at radius 3 is 2.45 bits per heavy atom. The fourth-order valence-electron chi connectivity index (χ4n) is 3.14. The van der Waals surface area contributed by atoms with Gasteiger partial charge in [0.25, 0.3) is 0 Å². The average Bonchev–Trinajstić information content (AvgIpc) is 2.73. The van der Waals surface area contributed by atoms with E-state index in [4.69, 9.17) is 15.2 Å². The average molecular weight is 479 g/mol. The highest BCUT2D eigenvalue weighted by molar-refractivity contribution is 7.47. The van der Waals surface area contributed by atoms with E-state index in [1.165, 1.54) is 6.92 Å². The summed E-state index contributed by atoms with van der Waals surface area (Å²) in [5, 5.41) is 0. The predicted octanol–water partition coefficient (Wildman–Crippen LogP) is 3.80. The van der Waals surface area contributed by atoms with Crippen LogP contribution in [0, 0.1) is 6.92 Å². The Balaban J connectivity index is 0.000000321. The second-order valence-electron chi connectivity index (χ2n) is 8.08. The van der Waals surface area contributed by atoms with E-state index in [0.717, 1.165) is 18.2 Å². The number of ketones is 1. The highest BCUT2D eigenvalue weighted by atomic mass is 31.2.